The molecule has 150 valence electrons. The van der Waals surface area contributed by atoms with Gasteiger partial charge in [-0.25, -0.2) is 0 Å². The number of hydrogen-bond donors (Lipinski definition) is 1. The average molecular weight is 393 g/mol. The monoisotopic (exact) mass is 393 g/mol. The summed E-state index contributed by atoms with van der Waals surface area (Å²) in [6.45, 7) is 2.40. The second-order valence-electron chi connectivity index (χ2n) is 7.57. The van der Waals surface area contributed by atoms with Crippen molar-refractivity contribution in [3.63, 3.8) is 0 Å². The fourth-order valence-electron chi connectivity index (χ4n) is 4.08. The Morgan fingerprint density at radius 2 is 2.14 bits per heavy atom. The third kappa shape index (κ3) is 3.19. The Kier molecular flexibility index (Phi) is 4.35. The average Bonchev–Trinajstić information content (AvgIpc) is 3.37. The summed E-state index contributed by atoms with van der Waals surface area (Å²) in [4.78, 5) is 14.9. The van der Waals surface area contributed by atoms with Gasteiger partial charge in [0, 0.05) is 25.4 Å². The zero-order valence-electron chi connectivity index (χ0n) is 16.3. The first-order valence-corrected chi connectivity index (χ1v) is 9.88. The van der Waals surface area contributed by atoms with Crippen molar-refractivity contribution in [2.75, 3.05) is 13.2 Å². The van der Waals surface area contributed by atoms with E-state index in [2.05, 4.69) is 10.2 Å². The number of aliphatic hydroxyl groups excluding tert-OH is 1. The van der Waals surface area contributed by atoms with Crippen molar-refractivity contribution in [3.05, 3.63) is 64.7 Å². The molecule has 0 aliphatic carbocycles. The topological polar surface area (TPSA) is 85.4 Å². The van der Waals surface area contributed by atoms with Gasteiger partial charge in [0.25, 0.3) is 5.91 Å². The molecule has 1 atom stereocenters. The highest BCUT2D eigenvalue weighted by Crippen LogP contribution is 2.27. The zero-order chi connectivity index (χ0) is 20.0. The van der Waals surface area contributed by atoms with Crippen molar-refractivity contribution < 1.29 is 14.6 Å². The second kappa shape index (κ2) is 7.04. The van der Waals surface area contributed by atoms with Gasteiger partial charge in [0.1, 0.15) is 11.9 Å². The first-order chi connectivity index (χ1) is 14.1. The number of carbonyl (C=O) groups excluding carboxylic acids is 1. The van der Waals surface area contributed by atoms with E-state index in [0.717, 1.165) is 36.5 Å². The summed E-state index contributed by atoms with van der Waals surface area (Å²) in [7, 11) is 1.79. The van der Waals surface area contributed by atoms with Gasteiger partial charge in [-0.2, -0.15) is 10.2 Å². The maximum Gasteiger partial charge on any atom is 0.254 e. The first-order valence-electron chi connectivity index (χ1n) is 9.88. The lowest BCUT2D eigenvalue weighted by Crippen LogP contribution is -2.38. The van der Waals surface area contributed by atoms with Crippen LogP contribution in [0.1, 0.15) is 45.5 Å². The Balaban J connectivity index is 1.35. The van der Waals surface area contributed by atoms with Crippen LogP contribution in [0.25, 0.3) is 0 Å². The number of rotatable bonds is 3. The number of fused-ring (bicyclic) bond motifs is 2. The standard InChI is InChI=1S/C21H23N5O3/c1-24-18(6-7-22-24)20(27)17-12-16-13-25(8-9-26(16)23-17)21(28)15-4-5-19-14(11-15)3-2-10-29-19/h4-7,11-12,20,27H,2-3,8-10,13H2,1H3/t20-/m0/s1. The van der Waals surface area contributed by atoms with Gasteiger partial charge in [0.2, 0.25) is 0 Å². The summed E-state index contributed by atoms with van der Waals surface area (Å²) in [5.41, 5.74) is 3.97. The van der Waals surface area contributed by atoms with Crippen LogP contribution in [-0.2, 0) is 26.6 Å². The third-order valence-corrected chi connectivity index (χ3v) is 5.68. The Labute approximate surface area is 168 Å². The van der Waals surface area contributed by atoms with Crippen LogP contribution in [0.2, 0.25) is 0 Å². The molecule has 2 aliphatic rings. The fraction of sp³-hybridized carbons (Fsp3) is 0.381. The molecule has 2 aromatic heterocycles. The second-order valence-corrected chi connectivity index (χ2v) is 7.57. The number of aryl methyl sites for hydroxylation is 2. The van der Waals surface area contributed by atoms with Gasteiger partial charge in [0.15, 0.2) is 0 Å². The Morgan fingerprint density at radius 1 is 1.24 bits per heavy atom. The molecule has 0 radical (unpaired) electrons. The number of carbonyl (C=O) groups is 1. The number of nitrogens with zero attached hydrogens (tertiary/aromatic N) is 5. The quantitative estimate of drug-likeness (QED) is 0.732. The minimum Gasteiger partial charge on any atom is -0.493 e. The van der Waals surface area contributed by atoms with E-state index in [1.807, 2.05) is 33.8 Å². The minimum absolute atomic E-state index is 0.0135. The van der Waals surface area contributed by atoms with E-state index in [0.29, 0.717) is 36.6 Å². The van der Waals surface area contributed by atoms with Crippen LogP contribution in [0.15, 0.2) is 36.5 Å². The van der Waals surface area contributed by atoms with Crippen molar-refractivity contribution in [2.24, 2.45) is 7.05 Å². The maximum atomic E-state index is 13.1. The molecule has 2 aliphatic heterocycles. The molecule has 4 heterocycles. The Bertz CT molecular complexity index is 1070. The number of aliphatic hydroxyl groups is 1. The smallest absolute Gasteiger partial charge is 0.254 e. The summed E-state index contributed by atoms with van der Waals surface area (Å²) < 4.78 is 9.16. The summed E-state index contributed by atoms with van der Waals surface area (Å²) in [5, 5.41) is 19.3. The van der Waals surface area contributed by atoms with Crippen molar-refractivity contribution >= 4 is 5.91 Å². The number of amides is 1. The maximum absolute atomic E-state index is 13.1. The highest BCUT2D eigenvalue weighted by molar-refractivity contribution is 5.94. The molecule has 0 bridgehead atoms. The predicted molar refractivity (Wildman–Crippen MR) is 104 cm³/mol. The van der Waals surface area contributed by atoms with E-state index < -0.39 is 6.10 Å². The largest absolute Gasteiger partial charge is 0.493 e. The van der Waals surface area contributed by atoms with E-state index in [1.165, 1.54) is 0 Å². The van der Waals surface area contributed by atoms with Crippen molar-refractivity contribution in [1.82, 2.24) is 24.5 Å². The summed E-state index contributed by atoms with van der Waals surface area (Å²) in [6, 6.07) is 9.35. The predicted octanol–water partition coefficient (Wildman–Crippen LogP) is 1.68. The lowest BCUT2D eigenvalue weighted by atomic mass is 10.0. The van der Waals surface area contributed by atoms with Crippen molar-refractivity contribution in [1.29, 1.82) is 0 Å². The van der Waals surface area contributed by atoms with Crippen LogP contribution >= 0.6 is 0 Å². The molecule has 0 saturated heterocycles. The van der Waals surface area contributed by atoms with Gasteiger partial charge in [-0.05, 0) is 48.7 Å². The molecular weight excluding hydrogens is 370 g/mol. The molecule has 3 aromatic rings. The van der Waals surface area contributed by atoms with Gasteiger partial charge in [-0.3, -0.25) is 14.2 Å². The van der Waals surface area contributed by atoms with E-state index in [4.69, 9.17) is 4.74 Å². The SMILES string of the molecule is Cn1nccc1[C@@H](O)c1cc2n(n1)CCN(C(=O)c1ccc3c(c1)CCCO3)C2. The third-order valence-electron chi connectivity index (χ3n) is 5.68. The van der Waals surface area contributed by atoms with Gasteiger partial charge >= 0.3 is 0 Å². The Hall–Kier alpha value is -3.13. The molecule has 0 unspecified atom stereocenters. The lowest BCUT2D eigenvalue weighted by molar-refractivity contribution is 0.0705. The first kappa shape index (κ1) is 17.9. The zero-order valence-corrected chi connectivity index (χ0v) is 16.3. The molecule has 5 rings (SSSR count). The van der Waals surface area contributed by atoms with Crippen LogP contribution in [0.4, 0.5) is 0 Å². The normalized spacial score (nSPS) is 16.7. The van der Waals surface area contributed by atoms with Crippen LogP contribution < -0.4 is 4.74 Å². The minimum atomic E-state index is -0.842. The summed E-state index contributed by atoms with van der Waals surface area (Å²) in [6.07, 6.45) is 2.73. The molecule has 29 heavy (non-hydrogen) atoms. The number of ether oxygens (including phenoxy) is 1. The number of aromatic nitrogens is 4. The van der Waals surface area contributed by atoms with Crippen LogP contribution in [0.3, 0.4) is 0 Å². The van der Waals surface area contributed by atoms with E-state index in [-0.39, 0.29) is 5.91 Å². The number of hydrogen-bond acceptors (Lipinski definition) is 5. The van der Waals surface area contributed by atoms with E-state index >= 15 is 0 Å². The molecule has 0 spiro atoms. The molecule has 0 saturated carbocycles. The molecule has 1 aromatic carbocycles. The molecule has 8 nitrogen and oxygen atoms in total. The summed E-state index contributed by atoms with van der Waals surface area (Å²) >= 11 is 0. The van der Waals surface area contributed by atoms with Gasteiger partial charge < -0.3 is 14.7 Å². The highest BCUT2D eigenvalue weighted by atomic mass is 16.5. The van der Waals surface area contributed by atoms with Crippen molar-refractivity contribution in [2.45, 2.75) is 32.0 Å². The highest BCUT2D eigenvalue weighted by Gasteiger charge is 2.26. The molecule has 0 fully saturated rings. The molecule has 1 amide bonds. The molecular formula is C21H23N5O3. The lowest BCUT2D eigenvalue weighted by Gasteiger charge is -2.28. The van der Waals surface area contributed by atoms with E-state index in [9.17, 15) is 9.90 Å². The van der Waals surface area contributed by atoms with Gasteiger partial charge in [-0.15, -0.1) is 0 Å². The molecule has 8 heteroatoms. The van der Waals surface area contributed by atoms with Gasteiger partial charge in [-0.1, -0.05) is 0 Å². The van der Waals surface area contributed by atoms with Crippen LogP contribution in [-0.4, -0.2) is 48.6 Å². The van der Waals surface area contributed by atoms with Crippen LogP contribution in [0, 0.1) is 0 Å². The molecule has 1 N–H and O–H groups in total. The number of benzene rings is 1. The van der Waals surface area contributed by atoms with Crippen molar-refractivity contribution in [3.8, 4) is 5.75 Å². The fourth-order valence-corrected chi connectivity index (χ4v) is 4.08. The van der Waals surface area contributed by atoms with Gasteiger partial charge in [0.05, 0.1) is 36.8 Å². The summed E-state index contributed by atoms with van der Waals surface area (Å²) in [5.74, 6) is 0.901. The van der Waals surface area contributed by atoms with E-state index in [1.54, 1.807) is 24.0 Å². The Morgan fingerprint density at radius 3 is 2.97 bits per heavy atom. The van der Waals surface area contributed by atoms with Crippen LogP contribution in [0.5, 0.6) is 5.75 Å².